The predicted molar refractivity (Wildman–Crippen MR) is 81.9 cm³/mol. The lowest BCUT2D eigenvalue weighted by Gasteiger charge is -2.30. The van der Waals surface area contributed by atoms with Gasteiger partial charge in [-0.05, 0) is 61.4 Å². The molecule has 1 N–H and O–H groups in total. The number of rotatable bonds is 6. The first-order chi connectivity index (χ1) is 9.15. The normalized spacial score (nSPS) is 17.8. The van der Waals surface area contributed by atoms with Crippen molar-refractivity contribution in [2.45, 2.75) is 45.4 Å². The second-order valence-corrected chi connectivity index (χ2v) is 6.65. The Bertz CT molecular complexity index is 413. The van der Waals surface area contributed by atoms with E-state index in [2.05, 4.69) is 28.2 Å². The van der Waals surface area contributed by atoms with Crippen LogP contribution >= 0.6 is 15.9 Å². The Kier molecular flexibility index (Phi) is 5.40. The van der Waals surface area contributed by atoms with Gasteiger partial charge in [-0.1, -0.05) is 35.7 Å². The zero-order chi connectivity index (χ0) is 13.7. The molecule has 0 aliphatic heterocycles. The number of halogens is 2. The van der Waals surface area contributed by atoms with Crippen LogP contribution in [0.2, 0.25) is 0 Å². The van der Waals surface area contributed by atoms with E-state index in [0.29, 0.717) is 5.41 Å². The highest BCUT2D eigenvalue weighted by Gasteiger charge is 2.34. The van der Waals surface area contributed by atoms with Crippen molar-refractivity contribution in [3.63, 3.8) is 0 Å². The minimum Gasteiger partial charge on any atom is -0.316 e. The summed E-state index contributed by atoms with van der Waals surface area (Å²) in [7, 11) is 0. The van der Waals surface area contributed by atoms with Crippen molar-refractivity contribution in [3.05, 3.63) is 34.1 Å². The molecule has 3 heteroatoms. The Morgan fingerprint density at radius 3 is 2.74 bits per heavy atom. The lowest BCUT2D eigenvalue weighted by molar-refractivity contribution is 0.277. The zero-order valence-electron chi connectivity index (χ0n) is 11.6. The molecule has 1 saturated carbocycles. The fraction of sp³-hybridized carbons (Fsp3) is 0.625. The Balaban J connectivity index is 2.09. The molecule has 1 aliphatic rings. The molecule has 1 fully saturated rings. The molecule has 0 aromatic heterocycles. The predicted octanol–water partition coefficient (Wildman–Crippen LogP) is 4.69. The molecule has 1 aromatic carbocycles. The van der Waals surface area contributed by atoms with Crippen LogP contribution in [0.15, 0.2) is 22.7 Å². The molecule has 0 atom stereocenters. The van der Waals surface area contributed by atoms with E-state index in [9.17, 15) is 4.39 Å². The quantitative estimate of drug-likeness (QED) is 0.747. The van der Waals surface area contributed by atoms with Gasteiger partial charge in [-0.25, -0.2) is 4.39 Å². The standard InChI is InChI=1S/C16H23BrFN/c1-2-9-19-12-16(7-3-4-8-16)11-13-10-14(18)5-6-15(13)17/h5-6,10,19H,2-4,7-9,11-12H2,1H3. The maximum atomic E-state index is 13.4. The average Bonchev–Trinajstić information content (AvgIpc) is 2.83. The first-order valence-electron chi connectivity index (χ1n) is 7.30. The third-order valence-corrected chi connectivity index (χ3v) is 4.94. The maximum Gasteiger partial charge on any atom is 0.123 e. The van der Waals surface area contributed by atoms with Crippen molar-refractivity contribution in [1.29, 1.82) is 0 Å². The number of hydrogen-bond donors (Lipinski definition) is 1. The highest BCUT2D eigenvalue weighted by molar-refractivity contribution is 9.10. The second kappa shape index (κ2) is 6.85. The van der Waals surface area contributed by atoms with Crippen LogP contribution in [0, 0.1) is 11.2 Å². The van der Waals surface area contributed by atoms with Gasteiger partial charge in [0.25, 0.3) is 0 Å². The SMILES string of the molecule is CCCNCC1(Cc2cc(F)ccc2Br)CCCC1. The van der Waals surface area contributed by atoms with E-state index in [0.717, 1.165) is 29.5 Å². The van der Waals surface area contributed by atoms with Crippen molar-refractivity contribution >= 4 is 15.9 Å². The van der Waals surface area contributed by atoms with Crippen molar-refractivity contribution in [2.24, 2.45) is 5.41 Å². The molecule has 106 valence electrons. The summed E-state index contributed by atoms with van der Waals surface area (Å²) in [5.41, 5.74) is 1.44. The third kappa shape index (κ3) is 4.03. The molecule has 0 spiro atoms. The maximum absolute atomic E-state index is 13.4. The second-order valence-electron chi connectivity index (χ2n) is 5.80. The Labute approximate surface area is 124 Å². The summed E-state index contributed by atoms with van der Waals surface area (Å²) < 4.78 is 14.5. The monoisotopic (exact) mass is 327 g/mol. The van der Waals surface area contributed by atoms with Crippen LogP contribution in [0.5, 0.6) is 0 Å². The van der Waals surface area contributed by atoms with Gasteiger partial charge in [-0.3, -0.25) is 0 Å². The lowest BCUT2D eigenvalue weighted by Crippen LogP contribution is -2.34. The summed E-state index contributed by atoms with van der Waals surface area (Å²) >= 11 is 3.56. The molecule has 1 aromatic rings. The topological polar surface area (TPSA) is 12.0 Å². The number of hydrogen-bond acceptors (Lipinski definition) is 1. The van der Waals surface area contributed by atoms with Crippen LogP contribution in [0.25, 0.3) is 0 Å². The minimum atomic E-state index is -0.132. The first-order valence-corrected chi connectivity index (χ1v) is 8.09. The fourth-order valence-electron chi connectivity index (χ4n) is 3.15. The molecule has 0 saturated heterocycles. The van der Waals surface area contributed by atoms with Gasteiger partial charge in [0.1, 0.15) is 5.82 Å². The molecule has 19 heavy (non-hydrogen) atoms. The van der Waals surface area contributed by atoms with Gasteiger partial charge in [0.2, 0.25) is 0 Å². The van der Waals surface area contributed by atoms with Gasteiger partial charge in [-0.2, -0.15) is 0 Å². The van der Waals surface area contributed by atoms with E-state index in [1.54, 1.807) is 6.07 Å². The third-order valence-electron chi connectivity index (χ3n) is 4.16. The van der Waals surface area contributed by atoms with Gasteiger partial charge in [0.15, 0.2) is 0 Å². The smallest absolute Gasteiger partial charge is 0.123 e. The summed E-state index contributed by atoms with van der Waals surface area (Å²) in [6, 6.07) is 5.03. The van der Waals surface area contributed by atoms with E-state index in [-0.39, 0.29) is 5.82 Å². The minimum absolute atomic E-state index is 0.132. The molecule has 0 radical (unpaired) electrons. The molecule has 0 heterocycles. The van der Waals surface area contributed by atoms with E-state index in [4.69, 9.17) is 0 Å². The van der Waals surface area contributed by atoms with Crippen LogP contribution in [0.3, 0.4) is 0 Å². The van der Waals surface area contributed by atoms with Crippen molar-refractivity contribution in [1.82, 2.24) is 5.32 Å². The fourth-order valence-corrected chi connectivity index (χ4v) is 3.54. The molecular weight excluding hydrogens is 305 g/mol. The summed E-state index contributed by atoms with van der Waals surface area (Å²) in [5.74, 6) is -0.132. The van der Waals surface area contributed by atoms with Crippen LogP contribution in [0.1, 0.15) is 44.6 Å². The van der Waals surface area contributed by atoms with E-state index in [1.165, 1.54) is 38.2 Å². The number of nitrogens with one attached hydrogen (secondary N) is 1. The van der Waals surface area contributed by atoms with E-state index < -0.39 is 0 Å². The van der Waals surface area contributed by atoms with Gasteiger partial charge in [-0.15, -0.1) is 0 Å². The lowest BCUT2D eigenvalue weighted by atomic mass is 9.80. The first kappa shape index (κ1) is 15.0. The van der Waals surface area contributed by atoms with Crippen LogP contribution < -0.4 is 5.32 Å². The van der Waals surface area contributed by atoms with Gasteiger partial charge in [0.05, 0.1) is 0 Å². The van der Waals surface area contributed by atoms with Crippen LogP contribution in [-0.2, 0) is 6.42 Å². The van der Waals surface area contributed by atoms with E-state index >= 15 is 0 Å². The van der Waals surface area contributed by atoms with Crippen LogP contribution in [0.4, 0.5) is 4.39 Å². The molecular formula is C16H23BrFN. The van der Waals surface area contributed by atoms with Gasteiger partial charge < -0.3 is 5.32 Å². The average molecular weight is 328 g/mol. The van der Waals surface area contributed by atoms with Gasteiger partial charge >= 0.3 is 0 Å². The highest BCUT2D eigenvalue weighted by atomic mass is 79.9. The molecule has 1 nitrogen and oxygen atoms in total. The Morgan fingerprint density at radius 2 is 2.05 bits per heavy atom. The summed E-state index contributed by atoms with van der Waals surface area (Å²) in [5, 5.41) is 3.56. The Morgan fingerprint density at radius 1 is 1.32 bits per heavy atom. The van der Waals surface area contributed by atoms with Crippen molar-refractivity contribution < 1.29 is 4.39 Å². The highest BCUT2D eigenvalue weighted by Crippen LogP contribution is 2.41. The largest absolute Gasteiger partial charge is 0.316 e. The molecule has 0 unspecified atom stereocenters. The van der Waals surface area contributed by atoms with Crippen LogP contribution in [-0.4, -0.2) is 13.1 Å². The molecule has 0 bridgehead atoms. The zero-order valence-corrected chi connectivity index (χ0v) is 13.2. The van der Waals surface area contributed by atoms with Crippen molar-refractivity contribution in [3.8, 4) is 0 Å². The summed E-state index contributed by atoms with van der Waals surface area (Å²) in [6.45, 7) is 4.33. The molecule has 2 rings (SSSR count). The molecule has 1 aliphatic carbocycles. The van der Waals surface area contributed by atoms with Crippen molar-refractivity contribution in [2.75, 3.05) is 13.1 Å². The van der Waals surface area contributed by atoms with E-state index in [1.807, 2.05) is 6.07 Å². The Hall–Kier alpha value is -0.410. The van der Waals surface area contributed by atoms with Gasteiger partial charge in [0, 0.05) is 11.0 Å². The summed E-state index contributed by atoms with van der Waals surface area (Å²) in [6.07, 6.45) is 7.27. The molecule has 0 amide bonds. The number of benzene rings is 1. The summed E-state index contributed by atoms with van der Waals surface area (Å²) in [4.78, 5) is 0.